The van der Waals surface area contributed by atoms with Gasteiger partial charge in [-0.15, -0.1) is 0 Å². The monoisotopic (exact) mass is 591 g/mol. The Hall–Kier alpha value is -1.12. The van der Waals surface area contributed by atoms with Gasteiger partial charge in [-0.1, -0.05) is 0 Å². The number of hydrogen-bond donors (Lipinski definition) is 7. The van der Waals surface area contributed by atoms with Crippen LogP contribution in [-0.4, -0.2) is 141 Å². The Labute approximate surface area is 204 Å². The van der Waals surface area contributed by atoms with Crippen molar-refractivity contribution < 1.29 is 82.7 Å². The van der Waals surface area contributed by atoms with Gasteiger partial charge in [0.1, 0.15) is 42.3 Å². The van der Waals surface area contributed by atoms with Gasteiger partial charge in [0, 0.05) is 14.2 Å². The van der Waals surface area contributed by atoms with Gasteiger partial charge in [-0.05, 0) is 0 Å². The molecule has 212 valence electrons. The minimum Gasteiger partial charge on any atom is -0.479 e. The standard InChI is InChI=1S/C14H25NO18S3/c1-29-9-7(17)11(35(23,24)25)14(33-10(9)12(18)19)32-8-4(3-34(20,21)22)31-13(30-2)5(6(8)16)15-36(26,27)28/h4-11,13-17H,3H2,1-2H3,(H,18,19)(H,20,21,22)(H,23,24,25)(H,26,27,28)/t4?,5?,6-,7+,8+,9-,10?,11?,13-,14-/m1/s1. The molecule has 0 bridgehead atoms. The molecular weight excluding hydrogens is 566 g/mol. The first-order valence-corrected chi connectivity index (χ1v) is 14.1. The predicted molar refractivity (Wildman–Crippen MR) is 110 cm³/mol. The summed E-state index contributed by atoms with van der Waals surface area (Å²) in [5.41, 5.74) is 0. The third-order valence-electron chi connectivity index (χ3n) is 5.24. The zero-order chi connectivity index (χ0) is 27.8. The Morgan fingerprint density at radius 2 is 1.47 bits per heavy atom. The number of aliphatic hydroxyl groups is 2. The molecule has 7 N–H and O–H groups in total. The first kappa shape index (κ1) is 31.1. The topological polar surface area (TPSA) is 299 Å². The third-order valence-corrected chi connectivity index (χ3v) is 7.75. The van der Waals surface area contributed by atoms with Crippen molar-refractivity contribution in [2.45, 2.75) is 60.5 Å². The molecule has 4 unspecified atom stereocenters. The maximum absolute atomic E-state index is 12.0. The lowest BCUT2D eigenvalue weighted by molar-refractivity contribution is -0.313. The van der Waals surface area contributed by atoms with E-state index in [0.717, 1.165) is 14.2 Å². The highest BCUT2D eigenvalue weighted by Crippen LogP contribution is 2.33. The zero-order valence-electron chi connectivity index (χ0n) is 18.3. The van der Waals surface area contributed by atoms with Crippen LogP contribution < -0.4 is 4.72 Å². The number of carboxylic acid groups (broad SMARTS) is 1. The lowest BCUT2D eigenvalue weighted by atomic mass is 9.97. The maximum Gasteiger partial charge on any atom is 0.335 e. The maximum atomic E-state index is 12.0. The van der Waals surface area contributed by atoms with Gasteiger partial charge >= 0.3 is 16.3 Å². The van der Waals surface area contributed by atoms with Crippen LogP contribution in [0.2, 0.25) is 0 Å². The molecule has 2 aliphatic rings. The summed E-state index contributed by atoms with van der Waals surface area (Å²) in [5, 5.41) is 28.1. The molecule has 19 nitrogen and oxygen atoms in total. The molecule has 2 heterocycles. The fourth-order valence-electron chi connectivity index (χ4n) is 3.80. The normalized spacial score (nSPS) is 38.5. The summed E-state index contributed by atoms with van der Waals surface area (Å²) in [6.45, 7) is 0. The number of hydrogen-bond acceptors (Lipinski definition) is 14. The molecule has 0 aromatic carbocycles. The first-order chi connectivity index (χ1) is 16.3. The van der Waals surface area contributed by atoms with Crippen molar-refractivity contribution in [1.29, 1.82) is 0 Å². The summed E-state index contributed by atoms with van der Waals surface area (Å²) >= 11 is 0. The van der Waals surface area contributed by atoms with Gasteiger partial charge < -0.3 is 39.0 Å². The number of aliphatic hydroxyl groups excluding tert-OH is 2. The molecule has 0 aromatic rings. The average Bonchev–Trinajstić information content (AvgIpc) is 2.69. The van der Waals surface area contributed by atoms with E-state index in [2.05, 4.69) is 0 Å². The highest BCUT2D eigenvalue weighted by molar-refractivity contribution is 7.86. The molecule has 2 fully saturated rings. The SMILES string of the molecule is CO[C@@H]1OC(CS(=O)(=O)O)[C@H](O[C@@H]2OC(C(=O)O)[C@H](OC)[C@H](O)C2S(=O)(=O)O)[C@H](O)C1NS(=O)(=O)O. The van der Waals surface area contributed by atoms with Crippen LogP contribution in [0.4, 0.5) is 0 Å². The quantitative estimate of drug-likeness (QED) is 0.117. The number of rotatable bonds is 10. The van der Waals surface area contributed by atoms with Crippen molar-refractivity contribution in [1.82, 2.24) is 4.72 Å². The fourth-order valence-corrected chi connectivity index (χ4v) is 5.99. The first-order valence-electron chi connectivity index (χ1n) is 9.57. The highest BCUT2D eigenvalue weighted by Gasteiger charge is 2.57. The molecule has 10 atom stereocenters. The van der Waals surface area contributed by atoms with Crippen molar-refractivity contribution in [3.8, 4) is 0 Å². The molecule has 0 aliphatic carbocycles. The number of methoxy groups -OCH3 is 2. The fraction of sp³-hybridized carbons (Fsp3) is 0.929. The van der Waals surface area contributed by atoms with Gasteiger partial charge in [0.15, 0.2) is 23.9 Å². The molecule has 0 amide bonds. The van der Waals surface area contributed by atoms with E-state index >= 15 is 0 Å². The van der Waals surface area contributed by atoms with Crippen molar-refractivity contribution >= 4 is 36.5 Å². The van der Waals surface area contributed by atoms with Crippen molar-refractivity contribution in [3.05, 3.63) is 0 Å². The lowest BCUT2D eigenvalue weighted by Gasteiger charge is -2.47. The van der Waals surface area contributed by atoms with Crippen LogP contribution in [0.15, 0.2) is 0 Å². The molecular formula is C14H25NO18S3. The van der Waals surface area contributed by atoms with E-state index in [9.17, 15) is 54.5 Å². The molecule has 36 heavy (non-hydrogen) atoms. The van der Waals surface area contributed by atoms with Crippen LogP contribution in [0, 0.1) is 0 Å². The van der Waals surface area contributed by atoms with E-state index < -0.39 is 103 Å². The second-order valence-electron chi connectivity index (χ2n) is 7.67. The second kappa shape index (κ2) is 11.3. The molecule has 0 saturated carbocycles. The molecule has 0 spiro atoms. The summed E-state index contributed by atoms with van der Waals surface area (Å²) in [6.07, 6.45) is -17.0. The van der Waals surface area contributed by atoms with Gasteiger partial charge in [-0.3, -0.25) is 13.7 Å². The number of carbonyl (C=O) groups is 1. The Morgan fingerprint density at radius 3 is 1.89 bits per heavy atom. The van der Waals surface area contributed by atoms with E-state index in [-0.39, 0.29) is 0 Å². The molecule has 2 rings (SSSR count). The van der Waals surface area contributed by atoms with Crippen LogP contribution in [-0.2, 0) is 59.0 Å². The van der Waals surface area contributed by atoms with E-state index in [1.165, 1.54) is 4.72 Å². The predicted octanol–water partition coefficient (Wildman–Crippen LogP) is -4.81. The number of nitrogens with one attached hydrogen (secondary N) is 1. The van der Waals surface area contributed by atoms with Crippen LogP contribution in [0.5, 0.6) is 0 Å². The zero-order valence-corrected chi connectivity index (χ0v) is 20.7. The van der Waals surface area contributed by atoms with Crippen LogP contribution in [0.1, 0.15) is 0 Å². The minimum atomic E-state index is -5.33. The molecule has 2 saturated heterocycles. The summed E-state index contributed by atoms with van der Waals surface area (Å²) in [5.74, 6) is -3.15. The van der Waals surface area contributed by atoms with Gasteiger partial charge in [0.05, 0.1) is 0 Å². The highest BCUT2D eigenvalue weighted by atomic mass is 32.2. The Balaban J connectivity index is 2.55. The largest absolute Gasteiger partial charge is 0.479 e. The third kappa shape index (κ3) is 7.47. The molecule has 22 heteroatoms. The van der Waals surface area contributed by atoms with E-state index in [1.54, 1.807) is 0 Å². The van der Waals surface area contributed by atoms with Crippen molar-refractivity contribution in [2.75, 3.05) is 20.0 Å². The van der Waals surface area contributed by atoms with Crippen LogP contribution in [0.25, 0.3) is 0 Å². The van der Waals surface area contributed by atoms with Gasteiger partial charge in [0.25, 0.3) is 20.2 Å². The van der Waals surface area contributed by atoms with E-state index in [4.69, 9.17) is 28.2 Å². The minimum absolute atomic E-state index is 0.896. The molecule has 0 aromatic heterocycles. The van der Waals surface area contributed by atoms with Gasteiger partial charge in [0.2, 0.25) is 0 Å². The van der Waals surface area contributed by atoms with Crippen molar-refractivity contribution in [3.63, 3.8) is 0 Å². The number of carboxylic acids is 1. The Bertz CT molecular complexity index is 1110. The summed E-state index contributed by atoms with van der Waals surface area (Å²) in [6, 6.07) is -1.95. The average molecular weight is 592 g/mol. The summed E-state index contributed by atoms with van der Waals surface area (Å²) in [4.78, 5) is 11.6. The molecule has 0 radical (unpaired) electrons. The summed E-state index contributed by atoms with van der Waals surface area (Å²) < 4.78 is 124. The lowest BCUT2D eigenvalue weighted by Crippen LogP contribution is -2.68. The van der Waals surface area contributed by atoms with E-state index in [1.807, 2.05) is 0 Å². The summed E-state index contributed by atoms with van der Waals surface area (Å²) in [7, 11) is -13.5. The number of aliphatic carboxylic acids is 1. The van der Waals surface area contributed by atoms with E-state index in [0.29, 0.717) is 0 Å². The number of ether oxygens (including phenoxy) is 5. The Kier molecular flexibility index (Phi) is 9.78. The van der Waals surface area contributed by atoms with Crippen molar-refractivity contribution in [2.24, 2.45) is 0 Å². The second-order valence-corrected chi connectivity index (χ2v) is 11.9. The smallest absolute Gasteiger partial charge is 0.335 e. The van der Waals surface area contributed by atoms with Crippen LogP contribution >= 0.6 is 0 Å². The van der Waals surface area contributed by atoms with Gasteiger partial charge in [-0.2, -0.15) is 30.0 Å². The van der Waals surface area contributed by atoms with Crippen LogP contribution in [0.3, 0.4) is 0 Å². The Morgan fingerprint density at radius 1 is 0.889 bits per heavy atom. The van der Waals surface area contributed by atoms with Gasteiger partial charge in [-0.25, -0.2) is 4.79 Å². The molecule has 2 aliphatic heterocycles.